The first-order valence-corrected chi connectivity index (χ1v) is 11.5. The predicted molar refractivity (Wildman–Crippen MR) is 117 cm³/mol. The van der Waals surface area contributed by atoms with Crippen molar-refractivity contribution in [3.05, 3.63) is 29.3 Å². The largest absolute Gasteiger partial charge is 0.508 e. The summed E-state index contributed by atoms with van der Waals surface area (Å²) in [6, 6.07) is 6.28. The number of unbranched alkanes of at least 4 members (excludes halogenated alkanes) is 4. The molecule has 0 spiro atoms. The minimum Gasteiger partial charge on any atom is -0.508 e. The van der Waals surface area contributed by atoms with E-state index in [2.05, 4.69) is 32.9 Å². The van der Waals surface area contributed by atoms with Crippen LogP contribution in [0.1, 0.15) is 108 Å². The number of benzene rings is 1. The van der Waals surface area contributed by atoms with Crippen LogP contribution < -0.4 is 0 Å². The van der Waals surface area contributed by atoms with Gasteiger partial charge in [-0.2, -0.15) is 0 Å². The highest BCUT2D eigenvalue weighted by Gasteiger charge is 2.32. The Morgan fingerprint density at radius 3 is 2.50 bits per heavy atom. The van der Waals surface area contributed by atoms with Crippen LogP contribution in [-0.2, 0) is 5.41 Å². The Morgan fingerprint density at radius 2 is 1.82 bits per heavy atom. The van der Waals surface area contributed by atoms with Crippen LogP contribution in [0.15, 0.2) is 18.2 Å². The molecule has 160 valence electrons. The van der Waals surface area contributed by atoms with Crippen molar-refractivity contribution in [1.82, 2.24) is 0 Å². The fourth-order valence-corrected chi connectivity index (χ4v) is 4.87. The molecular weight excluding hydrogens is 348 g/mol. The van der Waals surface area contributed by atoms with Crippen LogP contribution in [0.5, 0.6) is 5.75 Å². The number of phenols is 1. The molecule has 1 fully saturated rings. The molecule has 1 saturated carbocycles. The lowest BCUT2D eigenvalue weighted by Crippen LogP contribution is -2.27. The van der Waals surface area contributed by atoms with Gasteiger partial charge in [-0.1, -0.05) is 65.0 Å². The average Bonchev–Trinajstić information content (AvgIpc) is 2.66. The number of rotatable bonds is 11. The highest BCUT2D eigenvalue weighted by Crippen LogP contribution is 2.44. The average molecular weight is 391 g/mol. The minimum absolute atomic E-state index is 0.0658. The number of hydrogen-bond acceptors (Lipinski definition) is 3. The fraction of sp³-hybridized carbons (Fsp3) is 0.760. The summed E-state index contributed by atoms with van der Waals surface area (Å²) in [5.41, 5.74) is 2.27. The minimum atomic E-state index is -0.270. The van der Waals surface area contributed by atoms with Gasteiger partial charge < -0.3 is 15.3 Å². The summed E-state index contributed by atoms with van der Waals surface area (Å²) in [7, 11) is 0. The monoisotopic (exact) mass is 390 g/mol. The third-order valence-electron chi connectivity index (χ3n) is 6.82. The zero-order valence-corrected chi connectivity index (χ0v) is 18.3. The van der Waals surface area contributed by atoms with Crippen LogP contribution in [-0.4, -0.2) is 28.0 Å². The molecule has 3 atom stereocenters. The Bertz CT molecular complexity index is 581. The lowest BCUT2D eigenvalue weighted by Gasteiger charge is -2.35. The quantitative estimate of drug-likeness (QED) is 0.403. The molecule has 0 aliphatic heterocycles. The van der Waals surface area contributed by atoms with Crippen molar-refractivity contribution in [1.29, 1.82) is 0 Å². The van der Waals surface area contributed by atoms with Crippen LogP contribution in [0.25, 0.3) is 0 Å². The number of hydrogen-bond donors (Lipinski definition) is 3. The van der Waals surface area contributed by atoms with E-state index in [-0.39, 0.29) is 24.0 Å². The third kappa shape index (κ3) is 6.49. The predicted octanol–water partition coefficient (Wildman–Crippen LogP) is 6.05. The van der Waals surface area contributed by atoms with E-state index in [1.54, 1.807) is 0 Å². The second kappa shape index (κ2) is 11.2. The molecule has 3 nitrogen and oxygen atoms in total. The van der Waals surface area contributed by atoms with E-state index in [9.17, 15) is 10.2 Å². The van der Waals surface area contributed by atoms with Gasteiger partial charge in [-0.05, 0) is 73.0 Å². The maximum Gasteiger partial charge on any atom is 0.119 e. The SMILES string of the molecule is CCCCCCC(C)(C)c1ccc([C@@H]2C[C@@H](O)CC[C@H]2CCCCO)c(O)c1. The van der Waals surface area contributed by atoms with E-state index in [4.69, 9.17) is 5.11 Å². The van der Waals surface area contributed by atoms with Gasteiger partial charge in [-0.15, -0.1) is 0 Å². The highest BCUT2D eigenvalue weighted by atomic mass is 16.3. The van der Waals surface area contributed by atoms with Crippen LogP contribution in [0.2, 0.25) is 0 Å². The summed E-state index contributed by atoms with van der Waals surface area (Å²) < 4.78 is 0. The van der Waals surface area contributed by atoms with Crippen LogP contribution >= 0.6 is 0 Å². The molecule has 0 unspecified atom stereocenters. The van der Waals surface area contributed by atoms with Gasteiger partial charge in [0.1, 0.15) is 5.75 Å². The summed E-state index contributed by atoms with van der Waals surface area (Å²) in [4.78, 5) is 0. The lowest BCUT2D eigenvalue weighted by atomic mass is 9.71. The standard InChI is InChI=1S/C25H42O3/c1-4-5-6-8-15-25(2,3)20-12-14-22(24(28)17-20)23-18-21(27)13-11-19(23)10-7-9-16-26/h12,14,17,19,21,23,26-28H,4-11,13,15-16,18H2,1-3H3/t19-,21+,23-/m1/s1. The van der Waals surface area contributed by atoms with Crippen molar-refractivity contribution in [2.24, 2.45) is 5.92 Å². The molecule has 3 heteroatoms. The van der Waals surface area contributed by atoms with E-state index < -0.39 is 0 Å². The van der Waals surface area contributed by atoms with Crippen molar-refractivity contribution in [3.8, 4) is 5.75 Å². The van der Waals surface area contributed by atoms with Crippen molar-refractivity contribution in [3.63, 3.8) is 0 Å². The van der Waals surface area contributed by atoms with Crippen molar-refractivity contribution >= 4 is 0 Å². The number of aromatic hydroxyl groups is 1. The summed E-state index contributed by atoms with van der Waals surface area (Å²) in [5.74, 6) is 1.09. The molecule has 0 aromatic heterocycles. The Balaban J connectivity index is 2.11. The maximum atomic E-state index is 10.9. The van der Waals surface area contributed by atoms with Crippen LogP contribution in [0.3, 0.4) is 0 Å². The van der Waals surface area contributed by atoms with Crippen molar-refractivity contribution < 1.29 is 15.3 Å². The molecule has 3 N–H and O–H groups in total. The zero-order valence-electron chi connectivity index (χ0n) is 18.3. The molecule has 2 rings (SSSR count). The molecule has 0 saturated heterocycles. The Hall–Kier alpha value is -1.06. The molecule has 1 aromatic carbocycles. The highest BCUT2D eigenvalue weighted by molar-refractivity contribution is 5.42. The van der Waals surface area contributed by atoms with E-state index in [0.29, 0.717) is 11.7 Å². The molecule has 28 heavy (non-hydrogen) atoms. The van der Waals surface area contributed by atoms with E-state index in [0.717, 1.165) is 50.5 Å². The summed E-state index contributed by atoms with van der Waals surface area (Å²) in [5, 5.41) is 30.2. The van der Waals surface area contributed by atoms with E-state index in [1.165, 1.54) is 31.2 Å². The summed E-state index contributed by atoms with van der Waals surface area (Å²) in [6.45, 7) is 7.03. The topological polar surface area (TPSA) is 60.7 Å². The first-order valence-electron chi connectivity index (χ1n) is 11.5. The number of phenolic OH excluding ortho intramolecular Hbond substituents is 1. The van der Waals surface area contributed by atoms with Gasteiger partial charge in [0.15, 0.2) is 0 Å². The molecule has 1 aliphatic carbocycles. The van der Waals surface area contributed by atoms with Gasteiger partial charge >= 0.3 is 0 Å². The Labute approximate surface area is 172 Å². The summed E-state index contributed by atoms with van der Waals surface area (Å²) in [6.07, 6.45) is 11.4. The Kier molecular flexibility index (Phi) is 9.30. The van der Waals surface area contributed by atoms with Crippen LogP contribution in [0, 0.1) is 5.92 Å². The smallest absolute Gasteiger partial charge is 0.119 e. The Morgan fingerprint density at radius 1 is 1.04 bits per heavy atom. The van der Waals surface area contributed by atoms with Gasteiger partial charge in [-0.3, -0.25) is 0 Å². The zero-order chi connectivity index (χ0) is 20.6. The molecule has 1 aromatic rings. The lowest BCUT2D eigenvalue weighted by molar-refractivity contribution is 0.0890. The first kappa shape index (κ1) is 23.2. The van der Waals surface area contributed by atoms with Gasteiger partial charge in [0, 0.05) is 6.61 Å². The number of aliphatic hydroxyl groups is 2. The summed E-state index contributed by atoms with van der Waals surface area (Å²) >= 11 is 0. The normalized spacial score (nSPS) is 23.1. The van der Waals surface area contributed by atoms with Crippen molar-refractivity contribution in [2.75, 3.05) is 6.61 Å². The van der Waals surface area contributed by atoms with Gasteiger partial charge in [0.05, 0.1) is 6.10 Å². The molecule has 0 bridgehead atoms. The molecule has 1 aliphatic rings. The van der Waals surface area contributed by atoms with Crippen molar-refractivity contribution in [2.45, 2.75) is 109 Å². The molecule has 0 amide bonds. The van der Waals surface area contributed by atoms with E-state index >= 15 is 0 Å². The van der Waals surface area contributed by atoms with Gasteiger partial charge in [0.2, 0.25) is 0 Å². The number of aliphatic hydroxyl groups excluding tert-OH is 2. The molecular formula is C25H42O3. The maximum absolute atomic E-state index is 10.9. The van der Waals surface area contributed by atoms with Gasteiger partial charge in [0.25, 0.3) is 0 Å². The molecule has 0 heterocycles. The van der Waals surface area contributed by atoms with E-state index in [1.807, 2.05) is 6.07 Å². The van der Waals surface area contributed by atoms with Crippen LogP contribution in [0.4, 0.5) is 0 Å². The third-order valence-corrected chi connectivity index (χ3v) is 6.82. The first-order chi connectivity index (χ1) is 13.4. The fourth-order valence-electron chi connectivity index (χ4n) is 4.87. The van der Waals surface area contributed by atoms with Gasteiger partial charge in [-0.25, -0.2) is 0 Å². The second-order valence-electron chi connectivity index (χ2n) is 9.52. The second-order valence-corrected chi connectivity index (χ2v) is 9.52. The molecule has 0 radical (unpaired) electrons.